The Hall–Kier alpha value is -2.44. The summed E-state index contributed by atoms with van der Waals surface area (Å²) in [5.41, 5.74) is -0.134. The zero-order valence-electron chi connectivity index (χ0n) is 8.99. The Morgan fingerprint density at radius 1 is 1.41 bits per heavy atom. The number of benzene rings is 1. The molecule has 0 unspecified atom stereocenters. The van der Waals surface area contributed by atoms with Gasteiger partial charge in [-0.3, -0.25) is 9.63 Å². The maximum absolute atomic E-state index is 11.8. The van der Waals surface area contributed by atoms with Gasteiger partial charge in [-0.25, -0.2) is 4.79 Å². The van der Waals surface area contributed by atoms with E-state index in [-0.39, 0.29) is 6.61 Å². The molecule has 0 aliphatic carbocycles. The lowest BCUT2D eigenvalue weighted by atomic mass is 10.2. The highest BCUT2D eigenvalue weighted by atomic mass is 16.8. The van der Waals surface area contributed by atoms with E-state index < -0.39 is 11.7 Å². The summed E-state index contributed by atoms with van der Waals surface area (Å²) in [5, 5.41) is 7.51. The third-order valence-corrected chi connectivity index (χ3v) is 1.97. The fourth-order valence-corrected chi connectivity index (χ4v) is 1.25. The van der Waals surface area contributed by atoms with Gasteiger partial charge in [-0.15, -0.1) is 5.10 Å². The Morgan fingerprint density at radius 2 is 2.18 bits per heavy atom. The molecule has 0 bridgehead atoms. The van der Waals surface area contributed by atoms with Crippen LogP contribution in [0.5, 0.6) is 0 Å². The lowest BCUT2D eigenvalue weighted by Crippen LogP contribution is -2.34. The molecule has 1 aromatic heterocycles. The molecule has 88 valence electrons. The Bertz CT molecular complexity index is 608. The second-order valence-electron chi connectivity index (χ2n) is 3.06. The van der Waals surface area contributed by atoms with E-state index in [4.69, 9.17) is 0 Å². The number of fused-ring (bicyclic) bond motifs is 1. The molecule has 1 heterocycles. The summed E-state index contributed by atoms with van der Waals surface area (Å²) in [6.45, 7) is 1.77. The molecule has 0 spiro atoms. The summed E-state index contributed by atoms with van der Waals surface area (Å²) < 4.78 is 4.52. The summed E-state index contributed by atoms with van der Waals surface area (Å²) in [7, 11) is 0. The number of hydrogen-bond donors (Lipinski definition) is 0. The first-order valence-electron chi connectivity index (χ1n) is 4.92. The SMILES string of the molecule is CCOC(=O)On1nnc2ccccc2c1=O. The van der Waals surface area contributed by atoms with E-state index in [0.29, 0.717) is 15.7 Å². The molecule has 0 N–H and O–H groups in total. The van der Waals surface area contributed by atoms with Crippen molar-refractivity contribution >= 4 is 17.1 Å². The van der Waals surface area contributed by atoms with E-state index in [0.717, 1.165) is 0 Å². The van der Waals surface area contributed by atoms with Crippen LogP contribution in [0.4, 0.5) is 4.79 Å². The van der Waals surface area contributed by atoms with Crippen LogP contribution in [-0.4, -0.2) is 27.9 Å². The summed E-state index contributed by atoms with van der Waals surface area (Å²) in [5.74, 6) is 0. The molecule has 0 radical (unpaired) electrons. The maximum atomic E-state index is 11.8. The molecule has 0 atom stereocenters. The number of ether oxygens (including phenoxy) is 1. The van der Waals surface area contributed by atoms with E-state index in [1.54, 1.807) is 31.2 Å². The van der Waals surface area contributed by atoms with Crippen molar-refractivity contribution in [2.75, 3.05) is 6.61 Å². The van der Waals surface area contributed by atoms with Gasteiger partial charge in [0.2, 0.25) is 0 Å². The minimum absolute atomic E-state index is 0.147. The first-order valence-corrected chi connectivity index (χ1v) is 4.92. The second-order valence-corrected chi connectivity index (χ2v) is 3.06. The Balaban J connectivity index is 2.39. The summed E-state index contributed by atoms with van der Waals surface area (Å²) in [6.07, 6.45) is -1.00. The monoisotopic (exact) mass is 235 g/mol. The van der Waals surface area contributed by atoms with Gasteiger partial charge in [0.05, 0.1) is 12.0 Å². The van der Waals surface area contributed by atoms with Crippen LogP contribution < -0.4 is 10.4 Å². The molecule has 17 heavy (non-hydrogen) atoms. The van der Waals surface area contributed by atoms with Crippen molar-refractivity contribution in [1.82, 2.24) is 15.2 Å². The molecular formula is C10H9N3O4. The van der Waals surface area contributed by atoms with Crippen LogP contribution in [0.3, 0.4) is 0 Å². The molecular weight excluding hydrogens is 226 g/mol. The van der Waals surface area contributed by atoms with Crippen molar-refractivity contribution in [3.8, 4) is 0 Å². The Labute approximate surface area is 95.5 Å². The standard InChI is InChI=1S/C10H9N3O4/c1-2-16-10(15)17-13-9(14)7-5-3-4-6-8(7)11-12-13/h3-6H,2H2,1H3. The molecule has 0 aliphatic rings. The number of nitrogens with zero attached hydrogens (tertiary/aromatic N) is 3. The van der Waals surface area contributed by atoms with Crippen LogP contribution >= 0.6 is 0 Å². The minimum Gasteiger partial charge on any atom is -0.433 e. The fraction of sp³-hybridized carbons (Fsp3) is 0.200. The van der Waals surface area contributed by atoms with Gasteiger partial charge in [0, 0.05) is 0 Å². The molecule has 2 rings (SSSR count). The number of aromatic nitrogens is 3. The van der Waals surface area contributed by atoms with Gasteiger partial charge in [0.15, 0.2) is 0 Å². The number of carbonyl (C=O) groups excluding carboxylic acids is 1. The molecule has 0 amide bonds. The molecule has 0 saturated heterocycles. The van der Waals surface area contributed by atoms with Crippen molar-refractivity contribution in [3.05, 3.63) is 34.6 Å². The van der Waals surface area contributed by atoms with Crippen LogP contribution in [0.25, 0.3) is 10.9 Å². The zero-order chi connectivity index (χ0) is 12.3. The van der Waals surface area contributed by atoms with E-state index in [1.807, 2.05) is 0 Å². The van der Waals surface area contributed by atoms with Gasteiger partial charge < -0.3 is 4.74 Å². The van der Waals surface area contributed by atoms with Crippen LogP contribution in [0, 0.1) is 0 Å². The minimum atomic E-state index is -1.00. The Kier molecular flexibility index (Phi) is 2.99. The number of carbonyl (C=O) groups is 1. The van der Waals surface area contributed by atoms with Crippen LogP contribution in [0.2, 0.25) is 0 Å². The topological polar surface area (TPSA) is 83.3 Å². The van der Waals surface area contributed by atoms with Crippen molar-refractivity contribution in [3.63, 3.8) is 0 Å². The quantitative estimate of drug-likeness (QED) is 0.552. The second kappa shape index (κ2) is 4.60. The molecule has 7 nitrogen and oxygen atoms in total. The molecule has 1 aromatic carbocycles. The predicted molar refractivity (Wildman–Crippen MR) is 57.4 cm³/mol. The highest BCUT2D eigenvalue weighted by molar-refractivity contribution is 5.76. The zero-order valence-corrected chi connectivity index (χ0v) is 8.99. The van der Waals surface area contributed by atoms with Gasteiger partial charge in [-0.05, 0) is 29.1 Å². The Morgan fingerprint density at radius 3 is 2.94 bits per heavy atom. The summed E-state index contributed by atoms with van der Waals surface area (Å²) in [6, 6.07) is 6.61. The molecule has 2 aromatic rings. The lowest BCUT2D eigenvalue weighted by molar-refractivity contribution is 0.0337. The summed E-state index contributed by atoms with van der Waals surface area (Å²) >= 11 is 0. The van der Waals surface area contributed by atoms with E-state index >= 15 is 0 Å². The molecule has 0 saturated carbocycles. The molecule has 7 heteroatoms. The van der Waals surface area contributed by atoms with Crippen LogP contribution in [0.15, 0.2) is 29.1 Å². The number of hydrogen-bond acceptors (Lipinski definition) is 6. The van der Waals surface area contributed by atoms with Gasteiger partial charge in [-0.1, -0.05) is 12.1 Å². The maximum Gasteiger partial charge on any atom is 0.535 e. The molecule has 0 fully saturated rings. The van der Waals surface area contributed by atoms with Gasteiger partial charge >= 0.3 is 11.7 Å². The predicted octanol–water partition coefficient (Wildman–Crippen LogP) is 0.377. The first kappa shape index (κ1) is 11.1. The van der Waals surface area contributed by atoms with Gasteiger partial charge in [0.25, 0.3) is 0 Å². The van der Waals surface area contributed by atoms with Crippen molar-refractivity contribution in [2.24, 2.45) is 0 Å². The van der Waals surface area contributed by atoms with Crippen LogP contribution in [0.1, 0.15) is 6.92 Å². The third-order valence-electron chi connectivity index (χ3n) is 1.97. The highest BCUT2D eigenvalue weighted by Gasteiger charge is 2.10. The lowest BCUT2D eigenvalue weighted by Gasteiger charge is -2.03. The highest BCUT2D eigenvalue weighted by Crippen LogP contribution is 2.02. The summed E-state index contributed by atoms with van der Waals surface area (Å²) in [4.78, 5) is 27.9. The van der Waals surface area contributed by atoms with Crippen LogP contribution in [-0.2, 0) is 4.74 Å². The largest absolute Gasteiger partial charge is 0.535 e. The van der Waals surface area contributed by atoms with Gasteiger partial charge in [-0.2, -0.15) is 0 Å². The average molecular weight is 235 g/mol. The smallest absolute Gasteiger partial charge is 0.433 e. The average Bonchev–Trinajstić information content (AvgIpc) is 2.33. The van der Waals surface area contributed by atoms with Crippen molar-refractivity contribution < 1.29 is 14.4 Å². The van der Waals surface area contributed by atoms with Gasteiger partial charge in [0.1, 0.15) is 5.52 Å². The van der Waals surface area contributed by atoms with Crippen molar-refractivity contribution in [2.45, 2.75) is 6.92 Å². The van der Waals surface area contributed by atoms with E-state index in [2.05, 4.69) is 19.9 Å². The van der Waals surface area contributed by atoms with Crippen molar-refractivity contribution in [1.29, 1.82) is 0 Å². The van der Waals surface area contributed by atoms with E-state index in [1.165, 1.54) is 0 Å². The molecule has 0 aliphatic heterocycles. The first-order chi connectivity index (χ1) is 8.22. The third kappa shape index (κ3) is 2.22. The number of rotatable bonds is 2. The normalized spacial score (nSPS) is 10.2. The fourth-order valence-electron chi connectivity index (χ4n) is 1.25. The van der Waals surface area contributed by atoms with E-state index in [9.17, 15) is 9.59 Å².